The van der Waals surface area contributed by atoms with E-state index in [-0.39, 0.29) is 12.6 Å². The molecule has 1 saturated heterocycles. The Bertz CT molecular complexity index is 653. The molecule has 1 fully saturated rings. The lowest BCUT2D eigenvalue weighted by Gasteiger charge is -2.21. The van der Waals surface area contributed by atoms with Crippen molar-refractivity contribution in [3.8, 4) is 0 Å². The topological polar surface area (TPSA) is 74.4 Å². The Morgan fingerprint density at radius 1 is 1.22 bits per heavy atom. The molecule has 0 aliphatic carbocycles. The van der Waals surface area contributed by atoms with Crippen LogP contribution in [0.2, 0.25) is 0 Å². The molecule has 2 N–H and O–H groups in total. The third-order valence-corrected chi connectivity index (χ3v) is 4.45. The maximum atomic E-state index is 10.9. The quantitative estimate of drug-likeness (QED) is 0.873. The Balaban J connectivity index is 1.66. The largest absolute Gasteiger partial charge is 0.392 e. The molecule has 1 aromatic heterocycles. The number of aliphatic hydroxyl groups is 2. The lowest BCUT2D eigenvalue weighted by atomic mass is 10.00. The van der Waals surface area contributed by atoms with Crippen molar-refractivity contribution in [1.29, 1.82) is 0 Å². The molecule has 0 radical (unpaired) electrons. The summed E-state index contributed by atoms with van der Waals surface area (Å²) in [5, 5.41) is 28.2. The van der Waals surface area contributed by atoms with Crippen LogP contribution in [0.15, 0.2) is 30.5 Å². The second-order valence-electron chi connectivity index (χ2n) is 6.64. The molecule has 1 aliphatic rings. The summed E-state index contributed by atoms with van der Waals surface area (Å²) in [6.07, 6.45) is 2.52. The van der Waals surface area contributed by atoms with Crippen molar-refractivity contribution < 1.29 is 10.2 Å². The summed E-state index contributed by atoms with van der Waals surface area (Å²) in [5.74, 6) is 0. The monoisotopic (exact) mass is 316 g/mol. The van der Waals surface area contributed by atoms with Gasteiger partial charge in [0, 0.05) is 25.7 Å². The van der Waals surface area contributed by atoms with Crippen LogP contribution in [-0.2, 0) is 18.8 Å². The molecule has 124 valence electrons. The molecule has 0 bridgehead atoms. The molecule has 1 aliphatic heterocycles. The molecular formula is C17H24N4O2. The molecule has 0 amide bonds. The van der Waals surface area contributed by atoms with E-state index in [0.29, 0.717) is 18.7 Å². The predicted molar refractivity (Wildman–Crippen MR) is 86.6 cm³/mol. The second-order valence-corrected chi connectivity index (χ2v) is 6.64. The summed E-state index contributed by atoms with van der Waals surface area (Å²) >= 11 is 0. The number of benzene rings is 1. The van der Waals surface area contributed by atoms with Gasteiger partial charge >= 0.3 is 0 Å². The summed E-state index contributed by atoms with van der Waals surface area (Å²) in [4.78, 5) is 2.22. The van der Waals surface area contributed by atoms with Crippen LogP contribution in [0.1, 0.15) is 43.1 Å². The molecule has 23 heavy (non-hydrogen) atoms. The zero-order valence-corrected chi connectivity index (χ0v) is 13.7. The maximum absolute atomic E-state index is 10.9. The van der Waals surface area contributed by atoms with Gasteiger partial charge in [-0.1, -0.05) is 29.5 Å². The fourth-order valence-corrected chi connectivity index (χ4v) is 2.97. The second kappa shape index (κ2) is 6.39. The van der Waals surface area contributed by atoms with E-state index in [2.05, 4.69) is 15.2 Å². The smallest absolute Gasteiger partial charge is 0.124 e. The van der Waals surface area contributed by atoms with Gasteiger partial charge in [-0.25, -0.2) is 4.68 Å². The molecule has 1 atom stereocenters. The number of hydrogen-bond acceptors (Lipinski definition) is 5. The van der Waals surface area contributed by atoms with Crippen LogP contribution in [0, 0.1) is 0 Å². The van der Waals surface area contributed by atoms with Crippen molar-refractivity contribution in [1.82, 2.24) is 19.9 Å². The van der Waals surface area contributed by atoms with Crippen LogP contribution >= 0.6 is 0 Å². The van der Waals surface area contributed by atoms with E-state index in [1.54, 1.807) is 4.68 Å². The number of hydrogen-bond donors (Lipinski definition) is 2. The van der Waals surface area contributed by atoms with Gasteiger partial charge in [-0.15, -0.1) is 5.10 Å². The van der Waals surface area contributed by atoms with Gasteiger partial charge in [0.15, 0.2) is 0 Å². The molecule has 2 heterocycles. The summed E-state index contributed by atoms with van der Waals surface area (Å²) in [6.45, 7) is 6.32. The van der Waals surface area contributed by atoms with Crippen LogP contribution in [0.5, 0.6) is 0 Å². The van der Waals surface area contributed by atoms with E-state index in [1.807, 2.05) is 44.3 Å². The van der Waals surface area contributed by atoms with E-state index < -0.39 is 5.60 Å². The number of β-amino-alcohol motifs (C(OH)–C–C–N with tert-alkyl or cyclic N) is 1. The minimum Gasteiger partial charge on any atom is -0.392 e. The van der Waals surface area contributed by atoms with E-state index in [9.17, 15) is 5.11 Å². The highest BCUT2D eigenvalue weighted by Gasteiger charge is 2.40. The lowest BCUT2D eigenvalue weighted by molar-refractivity contribution is 0.0408. The predicted octanol–water partition coefficient (Wildman–Crippen LogP) is 1.44. The van der Waals surface area contributed by atoms with Crippen LogP contribution in [0.25, 0.3) is 0 Å². The number of rotatable bonds is 5. The first-order valence-electron chi connectivity index (χ1n) is 8.06. The molecule has 0 unspecified atom stereocenters. The Morgan fingerprint density at radius 3 is 2.52 bits per heavy atom. The average Bonchev–Trinajstić information content (AvgIpc) is 3.16. The number of likely N-dealkylation sites (tertiary alicyclic amines) is 1. The Morgan fingerprint density at radius 2 is 1.91 bits per heavy atom. The van der Waals surface area contributed by atoms with Crippen molar-refractivity contribution >= 4 is 0 Å². The van der Waals surface area contributed by atoms with Crippen LogP contribution in [-0.4, -0.2) is 43.2 Å². The van der Waals surface area contributed by atoms with E-state index in [1.165, 1.54) is 5.56 Å². The summed E-state index contributed by atoms with van der Waals surface area (Å²) in [7, 11) is 0. The van der Waals surface area contributed by atoms with Crippen molar-refractivity contribution in [2.45, 2.75) is 45.1 Å². The van der Waals surface area contributed by atoms with Crippen LogP contribution in [0.3, 0.4) is 0 Å². The first-order chi connectivity index (χ1) is 11.0. The molecule has 3 rings (SSSR count). The molecule has 2 aromatic rings. The lowest BCUT2D eigenvalue weighted by Crippen LogP contribution is -2.31. The standard InChI is InChI=1S/C17H24N4O2/c1-13(2)21-10-16(18-19-21)17(23)7-8-20(12-17)9-14-3-5-15(11-22)6-4-14/h3-6,10,13,22-23H,7-9,11-12H2,1-2H3/t17-/m1/s1. The van der Waals surface area contributed by atoms with Gasteiger partial charge in [-0.2, -0.15) is 0 Å². The van der Waals surface area contributed by atoms with Crippen molar-refractivity contribution in [3.05, 3.63) is 47.3 Å². The van der Waals surface area contributed by atoms with Gasteiger partial charge in [0.05, 0.1) is 12.8 Å². The highest BCUT2D eigenvalue weighted by atomic mass is 16.3. The molecule has 0 saturated carbocycles. The minimum atomic E-state index is -0.918. The highest BCUT2D eigenvalue weighted by molar-refractivity contribution is 5.22. The average molecular weight is 316 g/mol. The molecule has 1 aromatic carbocycles. The third kappa shape index (κ3) is 3.44. The zero-order chi connectivity index (χ0) is 16.4. The highest BCUT2D eigenvalue weighted by Crippen LogP contribution is 2.31. The first-order valence-corrected chi connectivity index (χ1v) is 8.06. The number of nitrogens with zero attached hydrogens (tertiary/aromatic N) is 4. The molecule has 0 spiro atoms. The number of aromatic nitrogens is 3. The van der Waals surface area contributed by atoms with Gasteiger partial charge in [-0.05, 0) is 31.4 Å². The van der Waals surface area contributed by atoms with Crippen LogP contribution < -0.4 is 0 Å². The summed E-state index contributed by atoms with van der Waals surface area (Å²) < 4.78 is 1.78. The van der Waals surface area contributed by atoms with Crippen LogP contribution in [0.4, 0.5) is 0 Å². The van der Waals surface area contributed by atoms with Crippen molar-refractivity contribution in [2.24, 2.45) is 0 Å². The van der Waals surface area contributed by atoms with Gasteiger partial charge in [0.2, 0.25) is 0 Å². The summed E-state index contributed by atoms with van der Waals surface area (Å²) in [5.41, 5.74) is 1.83. The maximum Gasteiger partial charge on any atom is 0.124 e. The van der Waals surface area contributed by atoms with Crippen molar-refractivity contribution in [3.63, 3.8) is 0 Å². The Kier molecular flexibility index (Phi) is 4.48. The fraction of sp³-hybridized carbons (Fsp3) is 0.529. The van der Waals surface area contributed by atoms with Gasteiger partial charge in [-0.3, -0.25) is 4.90 Å². The summed E-state index contributed by atoms with van der Waals surface area (Å²) in [6, 6.07) is 8.16. The van der Waals surface area contributed by atoms with Crippen molar-refractivity contribution in [2.75, 3.05) is 13.1 Å². The third-order valence-electron chi connectivity index (χ3n) is 4.45. The molecular weight excluding hydrogens is 292 g/mol. The van der Waals surface area contributed by atoms with Gasteiger partial charge in [0.25, 0.3) is 0 Å². The van der Waals surface area contributed by atoms with E-state index >= 15 is 0 Å². The Labute approximate surface area is 136 Å². The SMILES string of the molecule is CC(C)n1cc([C@@]2(O)CCN(Cc3ccc(CO)cc3)C2)nn1. The first kappa shape index (κ1) is 16.1. The van der Waals surface area contributed by atoms with E-state index in [4.69, 9.17) is 5.11 Å². The van der Waals surface area contributed by atoms with E-state index in [0.717, 1.165) is 18.7 Å². The Hall–Kier alpha value is -1.76. The fourth-order valence-electron chi connectivity index (χ4n) is 2.97. The molecule has 6 nitrogen and oxygen atoms in total. The minimum absolute atomic E-state index is 0.0647. The molecule has 6 heteroatoms. The normalized spacial score (nSPS) is 22.1. The number of aliphatic hydroxyl groups excluding tert-OH is 1. The van der Waals surface area contributed by atoms with Gasteiger partial charge in [0.1, 0.15) is 11.3 Å². The van der Waals surface area contributed by atoms with Gasteiger partial charge < -0.3 is 10.2 Å². The zero-order valence-electron chi connectivity index (χ0n) is 13.7.